The van der Waals surface area contributed by atoms with Crippen LogP contribution < -0.4 is 5.32 Å². The van der Waals surface area contributed by atoms with Crippen molar-refractivity contribution in [2.75, 3.05) is 11.9 Å². The molecule has 3 heterocycles. The van der Waals surface area contributed by atoms with Crippen LogP contribution in [0.2, 0.25) is 0 Å². The standard InChI is InChI=1S/C15H18N6O/c1-4-16-13-6-5-11(7-17-13)14-19-15(22-20-14)10(2)12-8-18-21(3)9-12/h5-10H,4H2,1-3H3,(H,16,17)/t10-/m0/s1. The predicted molar refractivity (Wildman–Crippen MR) is 82.4 cm³/mol. The number of aryl methyl sites for hydroxylation is 1. The topological polar surface area (TPSA) is 81.7 Å². The van der Waals surface area contributed by atoms with Crippen LogP contribution in [0.4, 0.5) is 5.82 Å². The van der Waals surface area contributed by atoms with Gasteiger partial charge in [0.2, 0.25) is 11.7 Å². The third-order valence-corrected chi connectivity index (χ3v) is 3.42. The fourth-order valence-electron chi connectivity index (χ4n) is 2.15. The number of anilines is 1. The Morgan fingerprint density at radius 1 is 1.32 bits per heavy atom. The molecule has 7 nitrogen and oxygen atoms in total. The average molecular weight is 298 g/mol. The first-order chi connectivity index (χ1) is 10.7. The van der Waals surface area contributed by atoms with Crippen LogP contribution in [0.1, 0.15) is 31.2 Å². The van der Waals surface area contributed by atoms with Gasteiger partial charge in [-0.3, -0.25) is 4.68 Å². The van der Waals surface area contributed by atoms with E-state index in [9.17, 15) is 0 Å². The van der Waals surface area contributed by atoms with Gasteiger partial charge in [-0.2, -0.15) is 10.1 Å². The Morgan fingerprint density at radius 3 is 2.82 bits per heavy atom. The Balaban J connectivity index is 1.81. The molecule has 7 heteroatoms. The van der Waals surface area contributed by atoms with Crippen LogP contribution in [0.3, 0.4) is 0 Å². The normalized spacial score (nSPS) is 12.3. The van der Waals surface area contributed by atoms with E-state index in [1.807, 2.05) is 39.2 Å². The van der Waals surface area contributed by atoms with Crippen molar-refractivity contribution in [2.24, 2.45) is 7.05 Å². The fourth-order valence-corrected chi connectivity index (χ4v) is 2.15. The van der Waals surface area contributed by atoms with Crippen molar-refractivity contribution in [3.63, 3.8) is 0 Å². The minimum atomic E-state index is 0.00365. The average Bonchev–Trinajstić information content (AvgIpc) is 3.17. The third kappa shape index (κ3) is 2.83. The fraction of sp³-hybridized carbons (Fsp3) is 0.333. The lowest BCUT2D eigenvalue weighted by molar-refractivity contribution is 0.371. The van der Waals surface area contributed by atoms with Gasteiger partial charge in [-0.25, -0.2) is 4.98 Å². The van der Waals surface area contributed by atoms with Crippen LogP contribution in [0.5, 0.6) is 0 Å². The summed E-state index contributed by atoms with van der Waals surface area (Å²) in [6, 6.07) is 3.83. The zero-order valence-electron chi connectivity index (χ0n) is 12.8. The van der Waals surface area contributed by atoms with Crippen molar-refractivity contribution >= 4 is 5.82 Å². The van der Waals surface area contributed by atoms with E-state index in [1.54, 1.807) is 17.1 Å². The molecule has 22 heavy (non-hydrogen) atoms. The van der Waals surface area contributed by atoms with E-state index in [4.69, 9.17) is 4.52 Å². The van der Waals surface area contributed by atoms with Gasteiger partial charge in [0, 0.05) is 37.1 Å². The molecule has 0 amide bonds. The summed E-state index contributed by atoms with van der Waals surface area (Å²) in [5, 5.41) is 11.4. The van der Waals surface area contributed by atoms with Crippen molar-refractivity contribution < 1.29 is 4.52 Å². The number of hydrogen-bond donors (Lipinski definition) is 1. The van der Waals surface area contributed by atoms with Crippen LogP contribution in [0, 0.1) is 0 Å². The van der Waals surface area contributed by atoms with Crippen LogP contribution >= 0.6 is 0 Å². The summed E-state index contributed by atoms with van der Waals surface area (Å²) >= 11 is 0. The van der Waals surface area contributed by atoms with Gasteiger partial charge in [-0.05, 0) is 26.0 Å². The zero-order valence-corrected chi connectivity index (χ0v) is 12.8. The molecule has 0 fully saturated rings. The number of pyridine rings is 1. The van der Waals surface area contributed by atoms with Crippen LogP contribution in [0.15, 0.2) is 35.2 Å². The maximum Gasteiger partial charge on any atom is 0.234 e. The quantitative estimate of drug-likeness (QED) is 0.779. The second-order valence-corrected chi connectivity index (χ2v) is 5.09. The van der Waals surface area contributed by atoms with Gasteiger partial charge in [0.25, 0.3) is 0 Å². The largest absolute Gasteiger partial charge is 0.370 e. The van der Waals surface area contributed by atoms with Crippen molar-refractivity contribution in [3.05, 3.63) is 42.2 Å². The van der Waals surface area contributed by atoms with Crippen LogP contribution in [-0.4, -0.2) is 31.4 Å². The Morgan fingerprint density at radius 2 is 2.18 bits per heavy atom. The Bertz CT molecular complexity index is 745. The van der Waals surface area contributed by atoms with E-state index >= 15 is 0 Å². The lowest BCUT2D eigenvalue weighted by atomic mass is 10.1. The molecule has 0 aromatic carbocycles. The second-order valence-electron chi connectivity index (χ2n) is 5.09. The second kappa shape index (κ2) is 5.97. The maximum absolute atomic E-state index is 5.38. The first-order valence-electron chi connectivity index (χ1n) is 7.20. The molecule has 0 unspecified atom stereocenters. The molecule has 0 bridgehead atoms. The number of nitrogens with zero attached hydrogens (tertiary/aromatic N) is 5. The minimum Gasteiger partial charge on any atom is -0.370 e. The van der Waals surface area contributed by atoms with Crippen LogP contribution in [0.25, 0.3) is 11.4 Å². The molecule has 114 valence electrons. The maximum atomic E-state index is 5.38. The Kier molecular flexibility index (Phi) is 3.86. The highest BCUT2D eigenvalue weighted by atomic mass is 16.5. The molecule has 0 aliphatic carbocycles. The Labute approximate surface area is 128 Å². The lowest BCUT2D eigenvalue weighted by Gasteiger charge is -2.02. The summed E-state index contributed by atoms with van der Waals surface area (Å²) in [6.45, 7) is 4.88. The molecule has 0 saturated heterocycles. The minimum absolute atomic E-state index is 0.00365. The number of aromatic nitrogens is 5. The summed E-state index contributed by atoms with van der Waals surface area (Å²) in [5.74, 6) is 1.95. The van der Waals surface area contributed by atoms with Gasteiger partial charge in [-0.1, -0.05) is 5.16 Å². The molecule has 0 aliphatic rings. The molecule has 3 aromatic rings. The van der Waals surface area contributed by atoms with Gasteiger partial charge >= 0.3 is 0 Å². The predicted octanol–water partition coefficient (Wildman–Crippen LogP) is 2.45. The van der Waals surface area contributed by atoms with E-state index in [0.29, 0.717) is 11.7 Å². The molecule has 3 rings (SSSR count). The lowest BCUT2D eigenvalue weighted by Crippen LogP contribution is -1.98. The summed E-state index contributed by atoms with van der Waals surface area (Å²) in [4.78, 5) is 8.78. The molecule has 1 atom stereocenters. The van der Waals surface area contributed by atoms with E-state index in [0.717, 1.165) is 23.5 Å². The van der Waals surface area contributed by atoms with E-state index in [2.05, 4.69) is 25.5 Å². The molecule has 0 spiro atoms. The number of hydrogen-bond acceptors (Lipinski definition) is 6. The van der Waals surface area contributed by atoms with Gasteiger partial charge in [0.1, 0.15) is 5.82 Å². The molecular formula is C15H18N6O. The van der Waals surface area contributed by atoms with Crippen molar-refractivity contribution in [2.45, 2.75) is 19.8 Å². The first kappa shape index (κ1) is 14.2. The van der Waals surface area contributed by atoms with Gasteiger partial charge in [0.15, 0.2) is 0 Å². The zero-order chi connectivity index (χ0) is 15.5. The van der Waals surface area contributed by atoms with Crippen molar-refractivity contribution in [1.82, 2.24) is 24.9 Å². The van der Waals surface area contributed by atoms with Crippen LogP contribution in [-0.2, 0) is 7.05 Å². The van der Waals surface area contributed by atoms with Crippen molar-refractivity contribution in [3.8, 4) is 11.4 Å². The third-order valence-electron chi connectivity index (χ3n) is 3.42. The molecular weight excluding hydrogens is 280 g/mol. The Hall–Kier alpha value is -2.70. The van der Waals surface area contributed by atoms with E-state index in [1.165, 1.54) is 0 Å². The summed E-state index contributed by atoms with van der Waals surface area (Å²) < 4.78 is 7.14. The molecule has 1 N–H and O–H groups in total. The molecule has 0 aliphatic heterocycles. The van der Waals surface area contributed by atoms with Gasteiger partial charge < -0.3 is 9.84 Å². The SMILES string of the molecule is CCNc1ccc(-c2noc([C@@H](C)c3cnn(C)c3)n2)cn1. The smallest absolute Gasteiger partial charge is 0.234 e. The summed E-state index contributed by atoms with van der Waals surface area (Å²) in [6.07, 6.45) is 5.49. The molecule has 0 radical (unpaired) electrons. The highest BCUT2D eigenvalue weighted by Crippen LogP contribution is 2.24. The first-order valence-corrected chi connectivity index (χ1v) is 7.20. The highest BCUT2D eigenvalue weighted by Gasteiger charge is 2.18. The molecule has 0 saturated carbocycles. The van der Waals surface area contributed by atoms with E-state index in [-0.39, 0.29) is 5.92 Å². The highest BCUT2D eigenvalue weighted by molar-refractivity contribution is 5.55. The summed E-state index contributed by atoms with van der Waals surface area (Å²) in [7, 11) is 1.88. The van der Waals surface area contributed by atoms with Crippen molar-refractivity contribution in [1.29, 1.82) is 0 Å². The summed E-state index contributed by atoms with van der Waals surface area (Å²) in [5.41, 5.74) is 1.87. The van der Waals surface area contributed by atoms with Gasteiger partial charge in [-0.15, -0.1) is 0 Å². The molecule has 3 aromatic heterocycles. The van der Waals surface area contributed by atoms with E-state index < -0.39 is 0 Å². The van der Waals surface area contributed by atoms with Gasteiger partial charge in [0.05, 0.1) is 12.1 Å². The number of rotatable bonds is 5. The number of nitrogens with one attached hydrogen (secondary N) is 1. The monoisotopic (exact) mass is 298 g/mol.